The summed E-state index contributed by atoms with van der Waals surface area (Å²) in [5.74, 6) is 0.218. The van der Waals surface area contributed by atoms with E-state index >= 15 is 0 Å². The number of nitrogens with zero attached hydrogens (tertiary/aromatic N) is 1. The summed E-state index contributed by atoms with van der Waals surface area (Å²) in [4.78, 5) is 12.2. The van der Waals surface area contributed by atoms with E-state index in [2.05, 4.69) is 5.32 Å². The Morgan fingerprint density at radius 3 is 2.41 bits per heavy atom. The minimum absolute atomic E-state index is 0.206. The Morgan fingerprint density at radius 2 is 1.79 bits per heavy atom. The SMILES string of the molecule is CS(=O)(=O)N(CC(=O)NCCSCc1c(Cl)cccc1Cl)Cc1ccccc1F. The average Bonchev–Trinajstić information content (AvgIpc) is 2.64. The summed E-state index contributed by atoms with van der Waals surface area (Å²) < 4.78 is 38.7. The van der Waals surface area contributed by atoms with Crippen molar-refractivity contribution >= 4 is 50.9 Å². The highest BCUT2D eigenvalue weighted by molar-refractivity contribution is 7.98. The van der Waals surface area contributed by atoms with Gasteiger partial charge in [-0.3, -0.25) is 4.79 Å². The molecule has 29 heavy (non-hydrogen) atoms. The summed E-state index contributed by atoms with van der Waals surface area (Å²) in [6, 6.07) is 11.2. The van der Waals surface area contributed by atoms with E-state index in [0.717, 1.165) is 16.1 Å². The molecule has 0 aliphatic heterocycles. The Balaban J connectivity index is 1.82. The van der Waals surface area contributed by atoms with Crippen molar-refractivity contribution in [2.45, 2.75) is 12.3 Å². The van der Waals surface area contributed by atoms with Crippen molar-refractivity contribution < 1.29 is 17.6 Å². The van der Waals surface area contributed by atoms with Gasteiger partial charge >= 0.3 is 0 Å². The molecule has 0 aliphatic rings. The molecule has 0 radical (unpaired) electrons. The molecule has 0 saturated carbocycles. The van der Waals surface area contributed by atoms with Gasteiger partial charge in [0.25, 0.3) is 0 Å². The minimum atomic E-state index is -3.68. The highest BCUT2D eigenvalue weighted by Gasteiger charge is 2.21. The van der Waals surface area contributed by atoms with Gasteiger partial charge in [0.2, 0.25) is 15.9 Å². The molecule has 158 valence electrons. The molecule has 0 heterocycles. The molecule has 0 unspecified atom stereocenters. The first-order valence-electron chi connectivity index (χ1n) is 8.64. The largest absolute Gasteiger partial charge is 0.354 e. The monoisotopic (exact) mass is 478 g/mol. The number of hydrogen-bond acceptors (Lipinski definition) is 4. The van der Waals surface area contributed by atoms with E-state index in [-0.39, 0.29) is 18.7 Å². The van der Waals surface area contributed by atoms with Crippen molar-refractivity contribution in [2.75, 3.05) is 25.1 Å². The molecule has 2 rings (SSSR count). The minimum Gasteiger partial charge on any atom is -0.354 e. The number of hydrogen-bond donors (Lipinski definition) is 1. The maximum Gasteiger partial charge on any atom is 0.235 e. The van der Waals surface area contributed by atoms with E-state index in [1.807, 2.05) is 0 Å². The maximum atomic E-state index is 13.8. The molecule has 2 aromatic rings. The van der Waals surface area contributed by atoms with E-state index in [0.29, 0.717) is 28.1 Å². The fourth-order valence-corrected chi connectivity index (χ4v) is 4.75. The number of amides is 1. The first-order chi connectivity index (χ1) is 13.7. The van der Waals surface area contributed by atoms with E-state index < -0.39 is 21.7 Å². The van der Waals surface area contributed by atoms with Crippen molar-refractivity contribution in [3.63, 3.8) is 0 Å². The second-order valence-electron chi connectivity index (χ2n) is 6.23. The first-order valence-corrected chi connectivity index (χ1v) is 12.4. The van der Waals surface area contributed by atoms with E-state index in [4.69, 9.17) is 23.2 Å². The predicted octanol–water partition coefficient (Wildman–Crippen LogP) is 3.94. The molecule has 0 atom stereocenters. The Bertz CT molecular complexity index is 938. The van der Waals surface area contributed by atoms with Gasteiger partial charge in [0.05, 0.1) is 12.8 Å². The van der Waals surface area contributed by atoms with Crippen LogP contribution in [0.2, 0.25) is 10.0 Å². The molecule has 0 saturated heterocycles. The maximum absolute atomic E-state index is 13.8. The number of sulfonamides is 1. The zero-order valence-corrected chi connectivity index (χ0v) is 18.8. The lowest BCUT2D eigenvalue weighted by Gasteiger charge is -2.20. The Kier molecular flexibility index (Phi) is 9.23. The Labute approximate surface area is 184 Å². The van der Waals surface area contributed by atoms with E-state index in [9.17, 15) is 17.6 Å². The molecular formula is C19H21Cl2FN2O3S2. The van der Waals surface area contributed by atoms with Crippen LogP contribution in [0.4, 0.5) is 4.39 Å². The standard InChI is InChI=1S/C19H21Cl2FN2O3S2/c1-29(26,27)24(11-14-5-2-3-8-18(14)22)12-19(25)23-9-10-28-13-15-16(20)6-4-7-17(15)21/h2-8H,9-13H2,1H3,(H,23,25). The van der Waals surface area contributed by atoms with Crippen LogP contribution in [0.25, 0.3) is 0 Å². The Morgan fingerprint density at radius 1 is 1.14 bits per heavy atom. The number of carbonyl (C=O) groups is 1. The van der Waals surface area contributed by atoms with E-state index in [1.165, 1.54) is 18.2 Å². The zero-order valence-electron chi connectivity index (χ0n) is 15.7. The van der Waals surface area contributed by atoms with Crippen molar-refractivity contribution in [2.24, 2.45) is 0 Å². The van der Waals surface area contributed by atoms with Crippen LogP contribution in [0, 0.1) is 5.82 Å². The Hall–Kier alpha value is -1.32. The molecule has 0 bridgehead atoms. The predicted molar refractivity (Wildman–Crippen MR) is 117 cm³/mol. The molecule has 5 nitrogen and oxygen atoms in total. The fraction of sp³-hybridized carbons (Fsp3) is 0.316. The van der Waals surface area contributed by atoms with Crippen LogP contribution >= 0.6 is 35.0 Å². The quantitative estimate of drug-likeness (QED) is 0.525. The van der Waals surface area contributed by atoms with Gasteiger partial charge in [-0.25, -0.2) is 12.8 Å². The van der Waals surface area contributed by atoms with Gasteiger partial charge in [-0.15, -0.1) is 0 Å². The molecule has 1 N–H and O–H groups in total. The molecule has 2 aromatic carbocycles. The number of benzene rings is 2. The van der Waals surface area contributed by atoms with E-state index in [1.54, 1.807) is 36.0 Å². The lowest BCUT2D eigenvalue weighted by molar-refractivity contribution is -0.121. The smallest absolute Gasteiger partial charge is 0.235 e. The number of rotatable bonds is 10. The summed E-state index contributed by atoms with van der Waals surface area (Å²) in [7, 11) is -3.68. The van der Waals surface area contributed by atoms with Gasteiger partial charge in [-0.2, -0.15) is 16.1 Å². The second kappa shape index (κ2) is 11.2. The van der Waals surface area contributed by atoms with Crippen LogP contribution in [-0.2, 0) is 27.1 Å². The molecule has 1 amide bonds. The van der Waals surface area contributed by atoms with Gasteiger partial charge < -0.3 is 5.32 Å². The summed E-state index contributed by atoms with van der Waals surface area (Å²) in [6.45, 7) is -0.240. The zero-order chi connectivity index (χ0) is 21.4. The van der Waals surface area contributed by atoms with Gasteiger partial charge in [0.1, 0.15) is 5.82 Å². The van der Waals surface area contributed by atoms with Crippen LogP contribution in [0.5, 0.6) is 0 Å². The van der Waals surface area contributed by atoms with Crippen molar-refractivity contribution in [3.05, 3.63) is 69.5 Å². The fourth-order valence-electron chi connectivity index (χ4n) is 2.43. The third kappa shape index (κ3) is 7.79. The third-order valence-corrected chi connectivity index (χ3v) is 6.86. The number of carbonyl (C=O) groups excluding carboxylic acids is 1. The summed E-state index contributed by atoms with van der Waals surface area (Å²) >= 11 is 13.8. The van der Waals surface area contributed by atoms with Gasteiger partial charge in [0, 0.05) is 40.2 Å². The molecule has 0 fully saturated rings. The second-order valence-corrected chi connectivity index (χ2v) is 10.1. The lowest BCUT2D eigenvalue weighted by atomic mass is 10.2. The summed E-state index contributed by atoms with van der Waals surface area (Å²) in [5.41, 5.74) is 1.04. The van der Waals surface area contributed by atoms with Crippen molar-refractivity contribution in [3.8, 4) is 0 Å². The topological polar surface area (TPSA) is 66.5 Å². The third-order valence-electron chi connectivity index (χ3n) is 3.97. The number of thioether (sulfide) groups is 1. The normalized spacial score (nSPS) is 11.6. The van der Waals surface area contributed by atoms with Crippen LogP contribution in [0.3, 0.4) is 0 Å². The molecule has 0 spiro atoms. The number of nitrogens with one attached hydrogen (secondary N) is 1. The first kappa shape index (κ1) is 24.0. The average molecular weight is 479 g/mol. The number of halogens is 3. The van der Waals surface area contributed by atoms with Crippen LogP contribution in [0.1, 0.15) is 11.1 Å². The van der Waals surface area contributed by atoms with Crippen molar-refractivity contribution in [1.82, 2.24) is 9.62 Å². The van der Waals surface area contributed by atoms with Crippen LogP contribution in [0.15, 0.2) is 42.5 Å². The summed E-state index contributed by atoms with van der Waals surface area (Å²) in [5, 5.41) is 3.85. The highest BCUT2D eigenvalue weighted by atomic mass is 35.5. The van der Waals surface area contributed by atoms with Crippen LogP contribution in [-0.4, -0.2) is 43.7 Å². The molecule has 0 aromatic heterocycles. The molecule has 10 heteroatoms. The van der Waals surface area contributed by atoms with Gasteiger partial charge in [-0.1, -0.05) is 47.5 Å². The van der Waals surface area contributed by atoms with Gasteiger partial charge in [0.15, 0.2) is 0 Å². The molecular weight excluding hydrogens is 458 g/mol. The highest BCUT2D eigenvalue weighted by Crippen LogP contribution is 2.27. The summed E-state index contributed by atoms with van der Waals surface area (Å²) in [6.07, 6.45) is 0.990. The molecule has 0 aliphatic carbocycles. The lowest BCUT2D eigenvalue weighted by Crippen LogP contribution is -2.40. The van der Waals surface area contributed by atoms with Crippen molar-refractivity contribution in [1.29, 1.82) is 0 Å². The van der Waals surface area contributed by atoms with Crippen LogP contribution < -0.4 is 5.32 Å². The van der Waals surface area contributed by atoms with Gasteiger partial charge in [-0.05, 0) is 23.8 Å².